The minimum atomic E-state index is -1.12. The van der Waals surface area contributed by atoms with Gasteiger partial charge in [-0.05, 0) is 5.75 Å². The molecular weight excluding hydrogens is 224 g/mol. The molecule has 0 aliphatic carbocycles. The second-order valence-electron chi connectivity index (χ2n) is 2.43. The van der Waals surface area contributed by atoms with Gasteiger partial charge in [0.05, 0.1) is 17.0 Å². The summed E-state index contributed by atoms with van der Waals surface area (Å²) in [5.41, 5.74) is -0.131. The Morgan fingerprint density at radius 1 is 1.71 bits per heavy atom. The monoisotopic (exact) mass is 232 g/mol. The molecule has 1 N–H and O–H groups in total. The molecule has 0 saturated carbocycles. The lowest BCUT2D eigenvalue weighted by Crippen LogP contribution is -2.05. The lowest BCUT2D eigenvalue weighted by atomic mass is 10.4. The topological polar surface area (TPSA) is 63.1 Å². The molecule has 0 saturated heterocycles. The fraction of sp³-hybridized carbons (Fsp3) is 0.375. The number of rotatable bonds is 4. The predicted octanol–water partition coefficient (Wildman–Crippen LogP) is 2.08. The molecule has 0 atom stereocenters. The van der Waals surface area contributed by atoms with E-state index in [1.54, 1.807) is 11.8 Å². The zero-order valence-electron chi connectivity index (χ0n) is 7.53. The van der Waals surface area contributed by atoms with E-state index in [1.165, 1.54) is 6.20 Å². The molecule has 76 valence electrons. The Morgan fingerprint density at radius 3 is 3.00 bits per heavy atom. The zero-order valence-corrected chi connectivity index (χ0v) is 9.10. The molecule has 14 heavy (non-hydrogen) atoms. The van der Waals surface area contributed by atoms with E-state index in [-0.39, 0.29) is 10.7 Å². The van der Waals surface area contributed by atoms with Gasteiger partial charge in [-0.1, -0.05) is 18.5 Å². The summed E-state index contributed by atoms with van der Waals surface area (Å²) in [5.74, 6) is 0.918. The normalized spacial score (nSPS) is 10.1. The number of thioether (sulfide) groups is 1. The summed E-state index contributed by atoms with van der Waals surface area (Å²) < 4.78 is 0. The van der Waals surface area contributed by atoms with Crippen LogP contribution in [0.25, 0.3) is 0 Å². The molecule has 1 aromatic heterocycles. The summed E-state index contributed by atoms with van der Waals surface area (Å²) in [6.07, 6.45) is 1.32. The van der Waals surface area contributed by atoms with Crippen molar-refractivity contribution in [3.05, 3.63) is 22.7 Å². The van der Waals surface area contributed by atoms with Crippen molar-refractivity contribution in [1.29, 1.82) is 0 Å². The summed E-state index contributed by atoms with van der Waals surface area (Å²) in [7, 11) is 0. The minimum Gasteiger partial charge on any atom is -0.476 e. The first kappa shape index (κ1) is 11.3. The molecule has 0 aliphatic heterocycles. The smallest absolute Gasteiger partial charge is 0.356 e. The van der Waals surface area contributed by atoms with Gasteiger partial charge in [-0.2, -0.15) is 11.8 Å². The molecule has 0 amide bonds. The van der Waals surface area contributed by atoms with Crippen LogP contribution < -0.4 is 0 Å². The van der Waals surface area contributed by atoms with Crippen LogP contribution in [0.15, 0.2) is 6.20 Å². The van der Waals surface area contributed by atoms with E-state index in [0.29, 0.717) is 11.6 Å². The van der Waals surface area contributed by atoms with E-state index < -0.39 is 5.97 Å². The van der Waals surface area contributed by atoms with Gasteiger partial charge < -0.3 is 5.11 Å². The van der Waals surface area contributed by atoms with Crippen molar-refractivity contribution >= 4 is 29.3 Å². The standard InChI is InChI=1S/C8H9ClN2O2S/c1-2-14-4-6-10-3-5(9)7(11-6)8(12)13/h3H,2,4H2,1H3,(H,12,13). The van der Waals surface area contributed by atoms with E-state index in [9.17, 15) is 4.79 Å². The fourth-order valence-corrected chi connectivity index (χ4v) is 1.51. The fourth-order valence-electron chi connectivity index (χ4n) is 0.817. The summed E-state index contributed by atoms with van der Waals surface area (Å²) in [6, 6.07) is 0. The van der Waals surface area contributed by atoms with Crippen molar-refractivity contribution in [2.24, 2.45) is 0 Å². The summed E-state index contributed by atoms with van der Waals surface area (Å²) in [5, 5.41) is 8.81. The SMILES string of the molecule is CCSCc1ncc(Cl)c(C(=O)O)n1. The first-order valence-corrected chi connectivity index (χ1v) is 5.51. The highest BCUT2D eigenvalue weighted by Crippen LogP contribution is 2.14. The lowest BCUT2D eigenvalue weighted by Gasteiger charge is -2.01. The summed E-state index contributed by atoms with van der Waals surface area (Å²) in [4.78, 5) is 18.4. The molecule has 1 aromatic rings. The lowest BCUT2D eigenvalue weighted by molar-refractivity contribution is 0.0690. The van der Waals surface area contributed by atoms with E-state index in [0.717, 1.165) is 5.75 Å². The molecule has 0 radical (unpaired) electrons. The van der Waals surface area contributed by atoms with Crippen molar-refractivity contribution in [3.63, 3.8) is 0 Å². The van der Waals surface area contributed by atoms with Crippen LogP contribution in [0.3, 0.4) is 0 Å². The molecule has 0 aromatic carbocycles. The third-order valence-corrected chi connectivity index (χ3v) is 2.58. The van der Waals surface area contributed by atoms with Gasteiger partial charge >= 0.3 is 5.97 Å². The largest absolute Gasteiger partial charge is 0.476 e. The highest BCUT2D eigenvalue weighted by atomic mass is 35.5. The van der Waals surface area contributed by atoms with Gasteiger partial charge in [-0.3, -0.25) is 0 Å². The molecule has 0 fully saturated rings. The van der Waals surface area contributed by atoms with E-state index in [2.05, 4.69) is 9.97 Å². The maximum Gasteiger partial charge on any atom is 0.356 e. The third kappa shape index (κ3) is 2.85. The van der Waals surface area contributed by atoms with E-state index in [4.69, 9.17) is 16.7 Å². The van der Waals surface area contributed by atoms with Crippen LogP contribution in [-0.2, 0) is 5.75 Å². The Balaban J connectivity index is 2.89. The maximum absolute atomic E-state index is 10.7. The number of aromatic nitrogens is 2. The quantitative estimate of drug-likeness (QED) is 0.861. The van der Waals surface area contributed by atoms with Gasteiger partial charge in [0.15, 0.2) is 5.69 Å². The Bertz CT molecular complexity index is 346. The molecule has 0 bridgehead atoms. The third-order valence-electron chi connectivity index (χ3n) is 1.43. The van der Waals surface area contributed by atoms with Gasteiger partial charge in [0.25, 0.3) is 0 Å². The van der Waals surface area contributed by atoms with Crippen LogP contribution in [0.1, 0.15) is 23.2 Å². The molecule has 6 heteroatoms. The first-order chi connectivity index (χ1) is 6.65. The van der Waals surface area contributed by atoms with Crippen LogP contribution in [-0.4, -0.2) is 26.8 Å². The van der Waals surface area contributed by atoms with E-state index >= 15 is 0 Å². The highest BCUT2D eigenvalue weighted by molar-refractivity contribution is 7.98. The number of aromatic carboxylic acids is 1. The molecule has 1 heterocycles. The second-order valence-corrected chi connectivity index (χ2v) is 4.11. The van der Waals surface area contributed by atoms with Crippen molar-refractivity contribution in [2.75, 3.05) is 5.75 Å². The first-order valence-electron chi connectivity index (χ1n) is 3.97. The molecule has 0 unspecified atom stereocenters. The summed E-state index contributed by atoms with van der Waals surface area (Å²) in [6.45, 7) is 2.01. The molecule has 1 rings (SSSR count). The number of carbonyl (C=O) groups is 1. The van der Waals surface area contributed by atoms with Crippen molar-refractivity contribution in [1.82, 2.24) is 9.97 Å². The number of nitrogens with zero attached hydrogens (tertiary/aromatic N) is 2. The number of carboxylic acid groups (broad SMARTS) is 1. The van der Waals surface area contributed by atoms with Crippen LogP contribution >= 0.6 is 23.4 Å². The maximum atomic E-state index is 10.7. The highest BCUT2D eigenvalue weighted by Gasteiger charge is 2.11. The number of carboxylic acids is 1. The van der Waals surface area contributed by atoms with Crippen molar-refractivity contribution < 1.29 is 9.90 Å². The molecule has 0 spiro atoms. The van der Waals surface area contributed by atoms with Crippen LogP contribution in [0.4, 0.5) is 0 Å². The average Bonchev–Trinajstić information content (AvgIpc) is 2.16. The summed E-state index contributed by atoms with van der Waals surface area (Å²) >= 11 is 7.24. The Kier molecular flexibility index (Phi) is 4.16. The van der Waals surface area contributed by atoms with E-state index in [1.807, 2.05) is 6.92 Å². The van der Waals surface area contributed by atoms with Crippen LogP contribution in [0.5, 0.6) is 0 Å². The number of hydrogen-bond acceptors (Lipinski definition) is 4. The van der Waals surface area contributed by atoms with Crippen LogP contribution in [0.2, 0.25) is 5.02 Å². The van der Waals surface area contributed by atoms with Gasteiger partial charge in [0, 0.05) is 0 Å². The number of hydrogen-bond donors (Lipinski definition) is 1. The number of halogens is 1. The van der Waals surface area contributed by atoms with Gasteiger partial charge in [-0.15, -0.1) is 0 Å². The molecule has 4 nitrogen and oxygen atoms in total. The Morgan fingerprint density at radius 2 is 2.43 bits per heavy atom. The minimum absolute atomic E-state index is 0.0720. The second kappa shape index (κ2) is 5.17. The van der Waals surface area contributed by atoms with Gasteiger partial charge in [0.1, 0.15) is 5.82 Å². The van der Waals surface area contributed by atoms with Gasteiger partial charge in [-0.25, -0.2) is 14.8 Å². The molecule has 0 aliphatic rings. The predicted molar refractivity (Wildman–Crippen MR) is 55.8 cm³/mol. The average molecular weight is 233 g/mol. The Labute approximate surface area is 90.7 Å². The van der Waals surface area contributed by atoms with Gasteiger partial charge in [0.2, 0.25) is 0 Å². The zero-order chi connectivity index (χ0) is 10.6. The van der Waals surface area contributed by atoms with Crippen molar-refractivity contribution in [3.8, 4) is 0 Å². The van der Waals surface area contributed by atoms with Crippen LogP contribution in [0, 0.1) is 0 Å². The molecular formula is C8H9ClN2O2S. The Hall–Kier alpha value is -0.810. The van der Waals surface area contributed by atoms with Crippen molar-refractivity contribution in [2.45, 2.75) is 12.7 Å².